The number of hydrogen-bond donors (Lipinski definition) is 1. The minimum Gasteiger partial charge on any atom is -0.369 e. The van der Waals surface area contributed by atoms with E-state index in [1.54, 1.807) is 24.8 Å². The lowest BCUT2D eigenvalue weighted by atomic mass is 9.98. The molecular formula is C23H19N5O. The maximum atomic E-state index is 12.2. The van der Waals surface area contributed by atoms with Crippen molar-refractivity contribution in [2.24, 2.45) is 5.73 Å². The summed E-state index contributed by atoms with van der Waals surface area (Å²) in [6.07, 6.45) is 6.80. The van der Waals surface area contributed by atoms with Crippen LogP contribution in [0.2, 0.25) is 0 Å². The van der Waals surface area contributed by atoms with Gasteiger partial charge in [-0.25, -0.2) is 9.97 Å². The van der Waals surface area contributed by atoms with Gasteiger partial charge in [0.2, 0.25) is 5.91 Å². The van der Waals surface area contributed by atoms with Crippen LogP contribution in [0.1, 0.15) is 23.0 Å². The van der Waals surface area contributed by atoms with E-state index in [1.807, 2.05) is 61.5 Å². The van der Waals surface area contributed by atoms with E-state index in [2.05, 4.69) is 19.9 Å². The van der Waals surface area contributed by atoms with Crippen LogP contribution in [0.25, 0.3) is 22.4 Å². The first kappa shape index (κ1) is 18.4. The van der Waals surface area contributed by atoms with Crippen molar-refractivity contribution in [2.75, 3.05) is 0 Å². The maximum absolute atomic E-state index is 12.2. The average Bonchev–Trinajstić information content (AvgIpc) is 2.75. The molecular weight excluding hydrogens is 362 g/mol. The van der Waals surface area contributed by atoms with Crippen molar-refractivity contribution in [3.05, 3.63) is 96.5 Å². The third-order valence-electron chi connectivity index (χ3n) is 4.63. The number of rotatable bonds is 5. The zero-order chi connectivity index (χ0) is 20.2. The number of nitrogens with two attached hydrogens (primary N) is 1. The van der Waals surface area contributed by atoms with Crippen molar-refractivity contribution < 1.29 is 4.79 Å². The summed E-state index contributed by atoms with van der Waals surface area (Å²) in [6, 6.07) is 17.4. The summed E-state index contributed by atoms with van der Waals surface area (Å²) in [4.78, 5) is 29.6. The van der Waals surface area contributed by atoms with Gasteiger partial charge in [0.25, 0.3) is 0 Å². The smallest absolute Gasteiger partial charge is 0.232 e. The number of carbonyl (C=O) groups excluding carboxylic acids is 1. The number of nitrogens with zero attached hydrogens (tertiary/aromatic N) is 4. The fourth-order valence-electron chi connectivity index (χ4n) is 3.16. The fraction of sp³-hybridized carbons (Fsp3) is 0.0870. The summed E-state index contributed by atoms with van der Waals surface area (Å²) in [6.45, 7) is 1.93. The molecule has 1 atom stereocenters. The molecule has 6 nitrogen and oxygen atoms in total. The molecule has 0 radical (unpaired) electrons. The number of carbonyl (C=O) groups is 1. The minimum absolute atomic E-state index is 0.353. The van der Waals surface area contributed by atoms with Crippen molar-refractivity contribution in [3.8, 4) is 22.4 Å². The molecule has 0 bridgehead atoms. The van der Waals surface area contributed by atoms with Crippen molar-refractivity contribution in [1.29, 1.82) is 0 Å². The van der Waals surface area contributed by atoms with E-state index < -0.39 is 11.8 Å². The summed E-state index contributed by atoms with van der Waals surface area (Å²) >= 11 is 0. The molecule has 0 saturated carbocycles. The molecule has 29 heavy (non-hydrogen) atoms. The van der Waals surface area contributed by atoms with Gasteiger partial charge in [0.15, 0.2) is 0 Å². The van der Waals surface area contributed by atoms with Gasteiger partial charge < -0.3 is 5.73 Å². The Morgan fingerprint density at radius 3 is 2.21 bits per heavy atom. The quantitative estimate of drug-likeness (QED) is 0.571. The highest BCUT2D eigenvalue weighted by Crippen LogP contribution is 2.25. The summed E-state index contributed by atoms with van der Waals surface area (Å²) in [5.41, 5.74) is 10.9. The van der Waals surface area contributed by atoms with Gasteiger partial charge in [-0.05, 0) is 36.2 Å². The third kappa shape index (κ3) is 4.01. The van der Waals surface area contributed by atoms with Crippen LogP contribution in [0.4, 0.5) is 0 Å². The lowest BCUT2D eigenvalue weighted by molar-refractivity contribution is -0.118. The van der Waals surface area contributed by atoms with Crippen LogP contribution in [0.5, 0.6) is 0 Å². The Kier molecular flexibility index (Phi) is 5.07. The van der Waals surface area contributed by atoms with E-state index >= 15 is 0 Å². The number of aromatic nitrogens is 4. The van der Waals surface area contributed by atoms with E-state index in [-0.39, 0.29) is 0 Å². The number of pyridine rings is 2. The Bertz CT molecular complexity index is 1130. The molecule has 1 unspecified atom stereocenters. The third-order valence-corrected chi connectivity index (χ3v) is 4.63. The molecule has 3 heterocycles. The number of benzene rings is 1. The van der Waals surface area contributed by atoms with Crippen molar-refractivity contribution in [3.63, 3.8) is 0 Å². The molecule has 142 valence electrons. The molecule has 0 saturated heterocycles. The van der Waals surface area contributed by atoms with Crippen LogP contribution in [0, 0.1) is 6.92 Å². The first-order valence-electron chi connectivity index (χ1n) is 9.17. The normalized spacial score (nSPS) is 11.8. The predicted molar refractivity (Wildman–Crippen MR) is 111 cm³/mol. The molecule has 0 aliphatic heterocycles. The second-order valence-electron chi connectivity index (χ2n) is 6.69. The highest BCUT2D eigenvalue weighted by atomic mass is 16.1. The zero-order valence-corrected chi connectivity index (χ0v) is 15.9. The fourth-order valence-corrected chi connectivity index (χ4v) is 3.16. The van der Waals surface area contributed by atoms with Gasteiger partial charge in [-0.2, -0.15) is 0 Å². The maximum Gasteiger partial charge on any atom is 0.232 e. The number of aryl methyl sites for hydroxylation is 1. The Morgan fingerprint density at radius 2 is 1.59 bits per heavy atom. The van der Waals surface area contributed by atoms with E-state index in [9.17, 15) is 4.79 Å². The van der Waals surface area contributed by atoms with Crippen LogP contribution in [0.3, 0.4) is 0 Å². The van der Waals surface area contributed by atoms with E-state index in [0.29, 0.717) is 11.4 Å². The standard InChI is InChI=1S/C23H19N5O/c1-15-11-17(9-10-25-15)20-8-7-18(12-26-20)21(22(24)29)23-27-13-19(14-28-23)16-5-3-2-4-6-16/h2-14,21H,1H3,(H2,24,29). The van der Waals surface area contributed by atoms with Crippen LogP contribution >= 0.6 is 0 Å². The van der Waals surface area contributed by atoms with Gasteiger partial charge in [0, 0.05) is 41.6 Å². The van der Waals surface area contributed by atoms with Crippen LogP contribution in [-0.2, 0) is 4.79 Å². The Morgan fingerprint density at radius 1 is 0.828 bits per heavy atom. The van der Waals surface area contributed by atoms with Gasteiger partial charge in [0.05, 0.1) is 5.69 Å². The Balaban J connectivity index is 1.63. The van der Waals surface area contributed by atoms with Crippen molar-refractivity contribution in [2.45, 2.75) is 12.8 Å². The number of hydrogen-bond acceptors (Lipinski definition) is 5. The highest BCUT2D eigenvalue weighted by molar-refractivity contribution is 5.84. The van der Waals surface area contributed by atoms with E-state index in [4.69, 9.17) is 5.73 Å². The molecule has 4 rings (SSSR count). The molecule has 0 aliphatic rings. The second-order valence-corrected chi connectivity index (χ2v) is 6.69. The molecule has 0 aliphatic carbocycles. The van der Waals surface area contributed by atoms with Gasteiger partial charge in [0.1, 0.15) is 11.7 Å². The van der Waals surface area contributed by atoms with Gasteiger partial charge >= 0.3 is 0 Å². The molecule has 6 heteroatoms. The van der Waals surface area contributed by atoms with Crippen LogP contribution in [0.15, 0.2) is 79.4 Å². The first-order valence-corrected chi connectivity index (χ1v) is 9.17. The monoisotopic (exact) mass is 381 g/mol. The summed E-state index contributed by atoms with van der Waals surface area (Å²) in [7, 11) is 0. The molecule has 1 amide bonds. The number of primary amides is 1. The minimum atomic E-state index is -0.763. The number of amides is 1. The van der Waals surface area contributed by atoms with Crippen molar-refractivity contribution >= 4 is 5.91 Å². The van der Waals surface area contributed by atoms with Crippen LogP contribution in [-0.4, -0.2) is 25.8 Å². The highest BCUT2D eigenvalue weighted by Gasteiger charge is 2.23. The predicted octanol–water partition coefficient (Wildman–Crippen LogP) is 3.53. The summed E-state index contributed by atoms with van der Waals surface area (Å²) < 4.78 is 0. The Labute approximate surface area is 168 Å². The lowest BCUT2D eigenvalue weighted by Crippen LogP contribution is -2.24. The molecule has 0 spiro atoms. The average molecular weight is 381 g/mol. The van der Waals surface area contributed by atoms with E-state index in [0.717, 1.165) is 28.1 Å². The lowest BCUT2D eigenvalue weighted by Gasteiger charge is -2.13. The van der Waals surface area contributed by atoms with E-state index in [1.165, 1.54) is 0 Å². The molecule has 4 aromatic rings. The van der Waals surface area contributed by atoms with Gasteiger partial charge in [-0.15, -0.1) is 0 Å². The second kappa shape index (κ2) is 7.98. The Hall–Kier alpha value is -3.93. The molecule has 0 fully saturated rings. The summed E-state index contributed by atoms with van der Waals surface area (Å²) in [5, 5.41) is 0. The SMILES string of the molecule is Cc1cc(-c2ccc(C(C(N)=O)c3ncc(-c4ccccc4)cn3)cn2)ccn1. The zero-order valence-electron chi connectivity index (χ0n) is 15.9. The van der Waals surface area contributed by atoms with Gasteiger partial charge in [-0.3, -0.25) is 14.8 Å². The van der Waals surface area contributed by atoms with Gasteiger partial charge in [-0.1, -0.05) is 36.4 Å². The largest absolute Gasteiger partial charge is 0.369 e. The molecule has 3 aromatic heterocycles. The summed E-state index contributed by atoms with van der Waals surface area (Å²) in [5.74, 6) is -0.932. The first-order chi connectivity index (χ1) is 14.1. The topological polar surface area (TPSA) is 94.7 Å². The van der Waals surface area contributed by atoms with Crippen molar-refractivity contribution in [1.82, 2.24) is 19.9 Å². The molecule has 2 N–H and O–H groups in total. The molecule has 1 aromatic carbocycles. The van der Waals surface area contributed by atoms with Crippen LogP contribution < -0.4 is 5.73 Å².